The Balaban J connectivity index is 1.45. The van der Waals surface area contributed by atoms with Gasteiger partial charge in [-0.05, 0) is 42.0 Å². The van der Waals surface area contributed by atoms with Gasteiger partial charge in [0.15, 0.2) is 5.58 Å². The predicted octanol–water partition coefficient (Wildman–Crippen LogP) is 5.07. The molecule has 0 aliphatic carbocycles. The summed E-state index contributed by atoms with van der Waals surface area (Å²) in [5.41, 5.74) is 3.94. The van der Waals surface area contributed by atoms with Crippen molar-refractivity contribution in [2.75, 3.05) is 14.2 Å². The summed E-state index contributed by atoms with van der Waals surface area (Å²) in [6, 6.07) is 20.7. The summed E-state index contributed by atoms with van der Waals surface area (Å²) in [4.78, 5) is 17.4. The van der Waals surface area contributed by atoms with Crippen molar-refractivity contribution >= 4 is 28.8 Å². The average molecular weight is 435 g/mol. The standard InChI is InChI=1S/C24H22N2O4S/c1-28-18-11-12-21(29-2)17(13-18)14-25-23(27)19-8-4-3-7-16(19)15-31-24-26-20-9-5-6-10-22(20)30-24/h3-13H,14-15H2,1-2H3,(H,25,27). The zero-order chi connectivity index (χ0) is 21.6. The Morgan fingerprint density at radius 1 is 1.00 bits per heavy atom. The highest BCUT2D eigenvalue weighted by Gasteiger charge is 2.14. The molecule has 1 aromatic heterocycles. The minimum atomic E-state index is -0.154. The summed E-state index contributed by atoms with van der Waals surface area (Å²) >= 11 is 1.46. The molecular formula is C24H22N2O4S. The van der Waals surface area contributed by atoms with Crippen LogP contribution >= 0.6 is 11.8 Å². The van der Waals surface area contributed by atoms with E-state index in [0.29, 0.717) is 34.6 Å². The van der Waals surface area contributed by atoms with Crippen LogP contribution in [-0.4, -0.2) is 25.1 Å². The van der Waals surface area contributed by atoms with Gasteiger partial charge in [-0.1, -0.05) is 42.1 Å². The van der Waals surface area contributed by atoms with Gasteiger partial charge in [-0.25, -0.2) is 4.98 Å². The van der Waals surface area contributed by atoms with Gasteiger partial charge < -0.3 is 19.2 Å². The number of amides is 1. The van der Waals surface area contributed by atoms with Gasteiger partial charge >= 0.3 is 0 Å². The average Bonchev–Trinajstić information content (AvgIpc) is 3.24. The SMILES string of the molecule is COc1ccc(OC)c(CNC(=O)c2ccccc2CSc2nc3ccccc3o2)c1. The predicted molar refractivity (Wildman–Crippen MR) is 121 cm³/mol. The number of rotatable bonds is 8. The quantitative estimate of drug-likeness (QED) is 0.391. The Bertz CT molecular complexity index is 1170. The molecule has 1 N–H and O–H groups in total. The van der Waals surface area contributed by atoms with Crippen LogP contribution in [0.15, 0.2) is 76.4 Å². The highest BCUT2D eigenvalue weighted by Crippen LogP contribution is 2.28. The molecule has 1 amide bonds. The summed E-state index contributed by atoms with van der Waals surface area (Å²) in [6.45, 7) is 0.325. The molecule has 4 aromatic rings. The van der Waals surface area contributed by atoms with Crippen molar-refractivity contribution in [2.24, 2.45) is 0 Å². The lowest BCUT2D eigenvalue weighted by Gasteiger charge is -2.13. The van der Waals surface area contributed by atoms with Crippen molar-refractivity contribution in [3.8, 4) is 11.5 Å². The molecule has 158 valence electrons. The minimum absolute atomic E-state index is 0.154. The summed E-state index contributed by atoms with van der Waals surface area (Å²) in [5, 5.41) is 3.56. The van der Waals surface area contributed by atoms with Crippen molar-refractivity contribution in [2.45, 2.75) is 17.5 Å². The van der Waals surface area contributed by atoms with Gasteiger partial charge in [0.2, 0.25) is 0 Å². The number of nitrogens with one attached hydrogen (secondary N) is 1. The fourth-order valence-electron chi connectivity index (χ4n) is 3.21. The van der Waals surface area contributed by atoms with Gasteiger partial charge in [-0.15, -0.1) is 0 Å². The number of carbonyl (C=O) groups is 1. The van der Waals surface area contributed by atoms with E-state index in [1.807, 2.05) is 66.7 Å². The van der Waals surface area contributed by atoms with Crippen molar-refractivity contribution in [3.05, 3.63) is 83.4 Å². The van der Waals surface area contributed by atoms with Gasteiger partial charge in [-0.3, -0.25) is 4.79 Å². The first-order valence-corrected chi connectivity index (χ1v) is 10.7. The van der Waals surface area contributed by atoms with E-state index in [0.717, 1.165) is 22.2 Å². The molecule has 4 rings (SSSR count). The number of hydrogen-bond donors (Lipinski definition) is 1. The van der Waals surface area contributed by atoms with Crippen LogP contribution in [0.2, 0.25) is 0 Å². The Morgan fingerprint density at radius 2 is 1.81 bits per heavy atom. The van der Waals surface area contributed by atoms with Gasteiger partial charge in [0.05, 0.1) is 14.2 Å². The van der Waals surface area contributed by atoms with Crippen LogP contribution in [0.3, 0.4) is 0 Å². The van der Waals surface area contributed by atoms with Crippen LogP contribution < -0.4 is 14.8 Å². The van der Waals surface area contributed by atoms with Crippen molar-refractivity contribution in [1.29, 1.82) is 0 Å². The molecule has 31 heavy (non-hydrogen) atoms. The first-order chi connectivity index (χ1) is 15.2. The van der Waals surface area contributed by atoms with Gasteiger partial charge in [0, 0.05) is 23.4 Å². The molecule has 0 unspecified atom stereocenters. The lowest BCUT2D eigenvalue weighted by Crippen LogP contribution is -2.24. The Morgan fingerprint density at radius 3 is 2.61 bits per heavy atom. The molecule has 0 saturated heterocycles. The van der Waals surface area contributed by atoms with Crippen molar-refractivity contribution in [1.82, 2.24) is 10.3 Å². The fraction of sp³-hybridized carbons (Fsp3) is 0.167. The number of carbonyl (C=O) groups excluding carboxylic acids is 1. The minimum Gasteiger partial charge on any atom is -0.497 e. The summed E-state index contributed by atoms with van der Waals surface area (Å²) in [6.07, 6.45) is 0. The molecule has 0 fully saturated rings. The molecule has 0 atom stereocenters. The van der Waals surface area contributed by atoms with Crippen molar-refractivity contribution in [3.63, 3.8) is 0 Å². The lowest BCUT2D eigenvalue weighted by molar-refractivity contribution is 0.0950. The van der Waals surface area contributed by atoms with Gasteiger partial charge in [-0.2, -0.15) is 0 Å². The van der Waals surface area contributed by atoms with Crippen molar-refractivity contribution < 1.29 is 18.7 Å². The molecule has 0 aliphatic heterocycles. The Hall–Kier alpha value is -3.45. The van der Waals surface area contributed by atoms with Gasteiger partial charge in [0.25, 0.3) is 11.1 Å². The van der Waals surface area contributed by atoms with Crippen LogP contribution in [0.5, 0.6) is 11.5 Å². The number of thioether (sulfide) groups is 1. The number of ether oxygens (including phenoxy) is 2. The molecule has 0 spiro atoms. The van der Waals surface area contributed by atoms with E-state index < -0.39 is 0 Å². The van der Waals surface area contributed by atoms with Crippen LogP contribution in [0.25, 0.3) is 11.1 Å². The van der Waals surface area contributed by atoms with Gasteiger partial charge in [0.1, 0.15) is 17.0 Å². The zero-order valence-corrected chi connectivity index (χ0v) is 18.1. The Labute approximate surface area is 184 Å². The molecule has 0 aliphatic rings. The van der Waals surface area contributed by atoms with E-state index in [-0.39, 0.29) is 5.91 Å². The molecule has 0 bridgehead atoms. The highest BCUT2D eigenvalue weighted by molar-refractivity contribution is 7.98. The smallest absolute Gasteiger partial charge is 0.257 e. The van der Waals surface area contributed by atoms with E-state index in [4.69, 9.17) is 13.9 Å². The van der Waals surface area contributed by atoms with E-state index in [2.05, 4.69) is 10.3 Å². The van der Waals surface area contributed by atoms with Crippen LogP contribution in [0.1, 0.15) is 21.5 Å². The lowest BCUT2D eigenvalue weighted by atomic mass is 10.1. The maximum absolute atomic E-state index is 12.9. The second kappa shape index (κ2) is 9.57. The summed E-state index contributed by atoms with van der Waals surface area (Å²) < 4.78 is 16.4. The third-order valence-corrected chi connectivity index (χ3v) is 5.69. The maximum Gasteiger partial charge on any atom is 0.257 e. The van der Waals surface area contributed by atoms with Crippen LogP contribution in [-0.2, 0) is 12.3 Å². The zero-order valence-electron chi connectivity index (χ0n) is 17.3. The van der Waals surface area contributed by atoms with E-state index in [1.54, 1.807) is 14.2 Å². The number of fused-ring (bicyclic) bond motifs is 1. The van der Waals surface area contributed by atoms with E-state index in [9.17, 15) is 4.79 Å². The first-order valence-electron chi connectivity index (χ1n) is 9.73. The molecule has 0 radical (unpaired) electrons. The van der Waals surface area contributed by atoms with E-state index >= 15 is 0 Å². The molecule has 1 heterocycles. The molecule has 3 aromatic carbocycles. The highest BCUT2D eigenvalue weighted by atomic mass is 32.2. The molecular weight excluding hydrogens is 412 g/mol. The number of methoxy groups -OCH3 is 2. The molecule has 0 saturated carbocycles. The number of benzene rings is 3. The number of aromatic nitrogens is 1. The first kappa shape index (κ1) is 20.8. The number of hydrogen-bond acceptors (Lipinski definition) is 6. The topological polar surface area (TPSA) is 73.6 Å². The number of para-hydroxylation sites is 2. The fourth-order valence-corrected chi connectivity index (χ4v) is 4.05. The summed E-state index contributed by atoms with van der Waals surface area (Å²) in [5.74, 6) is 1.82. The summed E-state index contributed by atoms with van der Waals surface area (Å²) in [7, 11) is 3.21. The molecule has 6 nitrogen and oxygen atoms in total. The van der Waals surface area contributed by atoms with E-state index in [1.165, 1.54) is 11.8 Å². The molecule has 7 heteroatoms. The second-order valence-corrected chi connectivity index (χ2v) is 7.68. The third kappa shape index (κ3) is 4.83. The number of nitrogens with zero attached hydrogens (tertiary/aromatic N) is 1. The third-order valence-electron chi connectivity index (χ3n) is 4.81. The maximum atomic E-state index is 12.9. The van der Waals surface area contributed by atoms with Crippen LogP contribution in [0.4, 0.5) is 0 Å². The van der Waals surface area contributed by atoms with Crippen LogP contribution in [0, 0.1) is 0 Å². The monoisotopic (exact) mass is 434 g/mol. The second-order valence-electron chi connectivity index (χ2n) is 6.75. The Kier molecular flexibility index (Phi) is 6.43. The number of oxazole rings is 1. The normalized spacial score (nSPS) is 10.8. The largest absolute Gasteiger partial charge is 0.497 e.